The number of urea groups is 1. The molecule has 5 nitrogen and oxygen atoms in total. The van der Waals surface area contributed by atoms with E-state index >= 15 is 0 Å². The van der Waals surface area contributed by atoms with E-state index in [9.17, 15) is 9.59 Å². The van der Waals surface area contributed by atoms with E-state index < -0.39 is 6.04 Å². The van der Waals surface area contributed by atoms with E-state index in [4.69, 9.17) is 0 Å². The van der Waals surface area contributed by atoms with Crippen LogP contribution in [0.15, 0.2) is 24.3 Å². The van der Waals surface area contributed by atoms with Crippen LogP contribution in [0.3, 0.4) is 0 Å². The summed E-state index contributed by atoms with van der Waals surface area (Å²) in [6, 6.07) is 8.09. The maximum Gasteiger partial charge on any atom is 0.315 e. The first-order valence-corrected chi connectivity index (χ1v) is 9.09. The quantitative estimate of drug-likeness (QED) is 0.793. The molecule has 3 atom stereocenters. The fraction of sp³-hybridized carbons (Fsp3) is 0.579. The number of fused-ring (bicyclic) bond motifs is 2. The van der Waals surface area contributed by atoms with Crippen molar-refractivity contribution < 1.29 is 9.59 Å². The van der Waals surface area contributed by atoms with E-state index in [0.29, 0.717) is 24.4 Å². The topological polar surface area (TPSA) is 70.2 Å². The van der Waals surface area contributed by atoms with Gasteiger partial charge in [0.05, 0.1) is 0 Å². The summed E-state index contributed by atoms with van der Waals surface area (Å²) in [5.74, 6) is 0.463. The molecule has 1 aromatic rings. The Morgan fingerprint density at radius 2 is 2.17 bits per heavy atom. The van der Waals surface area contributed by atoms with E-state index in [0.717, 1.165) is 32.1 Å². The Morgan fingerprint density at radius 1 is 1.29 bits per heavy atom. The Balaban J connectivity index is 1.29. The van der Waals surface area contributed by atoms with Crippen LogP contribution in [-0.4, -0.2) is 31.1 Å². The van der Waals surface area contributed by atoms with Gasteiger partial charge in [0.2, 0.25) is 5.91 Å². The van der Waals surface area contributed by atoms with Crippen molar-refractivity contribution in [3.05, 3.63) is 35.4 Å². The molecule has 0 bridgehead atoms. The molecule has 1 aliphatic heterocycles. The maximum atomic E-state index is 12.1. The average Bonchev–Trinajstić information content (AvgIpc) is 3.23. The largest absolute Gasteiger partial charge is 0.354 e. The summed E-state index contributed by atoms with van der Waals surface area (Å²) >= 11 is 0. The van der Waals surface area contributed by atoms with Crippen molar-refractivity contribution in [1.29, 1.82) is 0 Å². The Bertz CT molecular complexity index is 660. The highest BCUT2D eigenvalue weighted by Crippen LogP contribution is 2.61. The molecule has 24 heavy (non-hydrogen) atoms. The SMILES string of the molecule is O=C(NC[C@@H]1C[C@@]12CCc1ccccc12)N[C@H]1CCCCNC1=O. The highest BCUT2D eigenvalue weighted by molar-refractivity contribution is 5.87. The van der Waals surface area contributed by atoms with Crippen LogP contribution in [0.25, 0.3) is 0 Å². The lowest BCUT2D eigenvalue weighted by Gasteiger charge is -2.16. The summed E-state index contributed by atoms with van der Waals surface area (Å²) in [6.07, 6.45) is 6.18. The van der Waals surface area contributed by atoms with Gasteiger partial charge in [0.1, 0.15) is 6.04 Å². The van der Waals surface area contributed by atoms with Crippen LogP contribution >= 0.6 is 0 Å². The highest BCUT2D eigenvalue weighted by atomic mass is 16.2. The van der Waals surface area contributed by atoms with Crippen LogP contribution in [0.4, 0.5) is 4.79 Å². The molecular weight excluding hydrogens is 302 g/mol. The molecule has 1 saturated heterocycles. The standard InChI is InChI=1S/C19H25N3O2/c23-17-16(7-3-4-10-20-17)22-18(24)21-12-14-11-19(14)9-8-13-5-1-2-6-15(13)19/h1-2,5-6,14,16H,3-4,7-12H2,(H,20,23)(H2,21,22,24)/t14-,16-,19-/m0/s1. The molecule has 4 rings (SSSR count). The van der Waals surface area contributed by atoms with Crippen molar-refractivity contribution >= 4 is 11.9 Å². The number of carbonyl (C=O) groups is 2. The van der Waals surface area contributed by atoms with Gasteiger partial charge in [-0.25, -0.2) is 4.79 Å². The third kappa shape index (κ3) is 2.76. The van der Waals surface area contributed by atoms with E-state index in [2.05, 4.69) is 40.2 Å². The van der Waals surface area contributed by atoms with Gasteiger partial charge in [-0.05, 0) is 55.6 Å². The minimum absolute atomic E-state index is 0.0599. The summed E-state index contributed by atoms with van der Waals surface area (Å²) < 4.78 is 0. The monoisotopic (exact) mass is 327 g/mol. The van der Waals surface area contributed by atoms with Gasteiger partial charge in [-0.2, -0.15) is 0 Å². The van der Waals surface area contributed by atoms with Gasteiger partial charge in [0.15, 0.2) is 0 Å². The minimum Gasteiger partial charge on any atom is -0.354 e. The number of benzene rings is 1. The van der Waals surface area contributed by atoms with Gasteiger partial charge in [-0.3, -0.25) is 4.79 Å². The molecule has 0 aromatic heterocycles. The van der Waals surface area contributed by atoms with Crippen LogP contribution in [0.2, 0.25) is 0 Å². The van der Waals surface area contributed by atoms with E-state index in [-0.39, 0.29) is 11.9 Å². The Labute approximate surface area is 142 Å². The zero-order chi connectivity index (χ0) is 16.6. The number of hydrogen-bond acceptors (Lipinski definition) is 2. The summed E-state index contributed by atoms with van der Waals surface area (Å²) in [6.45, 7) is 1.40. The van der Waals surface area contributed by atoms with Crippen LogP contribution in [-0.2, 0) is 16.6 Å². The number of amides is 3. The molecule has 3 N–H and O–H groups in total. The lowest BCUT2D eigenvalue weighted by Crippen LogP contribution is -2.49. The Kier molecular flexibility index (Phi) is 3.94. The second kappa shape index (κ2) is 6.11. The lowest BCUT2D eigenvalue weighted by molar-refractivity contribution is -0.122. The molecule has 128 valence electrons. The zero-order valence-electron chi connectivity index (χ0n) is 13.9. The van der Waals surface area contributed by atoms with Gasteiger partial charge < -0.3 is 16.0 Å². The molecule has 0 radical (unpaired) electrons. The number of aryl methyl sites for hydroxylation is 1. The average molecular weight is 327 g/mol. The Hall–Kier alpha value is -2.04. The maximum absolute atomic E-state index is 12.1. The van der Waals surface area contributed by atoms with Crippen molar-refractivity contribution in [3.8, 4) is 0 Å². The van der Waals surface area contributed by atoms with Gasteiger partial charge in [0.25, 0.3) is 0 Å². The molecule has 0 unspecified atom stereocenters. The first kappa shape index (κ1) is 15.5. The van der Waals surface area contributed by atoms with E-state index in [1.807, 2.05) is 0 Å². The van der Waals surface area contributed by atoms with Crippen LogP contribution < -0.4 is 16.0 Å². The molecular formula is C19H25N3O2. The Morgan fingerprint density at radius 3 is 3.08 bits per heavy atom. The molecule has 1 saturated carbocycles. The van der Waals surface area contributed by atoms with Crippen molar-refractivity contribution in [2.45, 2.75) is 50.0 Å². The van der Waals surface area contributed by atoms with Crippen molar-refractivity contribution in [2.75, 3.05) is 13.1 Å². The first-order chi connectivity index (χ1) is 11.7. The number of carbonyl (C=O) groups excluding carboxylic acids is 2. The summed E-state index contributed by atoms with van der Waals surface area (Å²) in [5.41, 5.74) is 3.25. The van der Waals surface area contributed by atoms with Gasteiger partial charge in [-0.15, -0.1) is 0 Å². The van der Waals surface area contributed by atoms with Crippen LogP contribution in [0, 0.1) is 5.92 Å². The van der Waals surface area contributed by atoms with Crippen molar-refractivity contribution in [3.63, 3.8) is 0 Å². The first-order valence-electron chi connectivity index (χ1n) is 9.09. The fourth-order valence-corrected chi connectivity index (χ4v) is 4.50. The molecule has 2 fully saturated rings. The van der Waals surface area contributed by atoms with Gasteiger partial charge in [-0.1, -0.05) is 24.3 Å². The molecule has 5 heteroatoms. The second-order valence-corrected chi connectivity index (χ2v) is 7.41. The summed E-state index contributed by atoms with van der Waals surface area (Å²) in [7, 11) is 0. The molecule has 3 amide bonds. The smallest absolute Gasteiger partial charge is 0.315 e. The molecule has 3 aliphatic rings. The van der Waals surface area contributed by atoms with E-state index in [1.54, 1.807) is 0 Å². The third-order valence-electron chi connectivity index (χ3n) is 5.98. The molecule has 1 aromatic carbocycles. The summed E-state index contributed by atoms with van der Waals surface area (Å²) in [4.78, 5) is 24.0. The van der Waals surface area contributed by atoms with Crippen LogP contribution in [0.5, 0.6) is 0 Å². The molecule has 1 heterocycles. The third-order valence-corrected chi connectivity index (χ3v) is 5.98. The molecule has 2 aliphatic carbocycles. The minimum atomic E-state index is -0.395. The lowest BCUT2D eigenvalue weighted by atomic mass is 9.95. The van der Waals surface area contributed by atoms with Crippen molar-refractivity contribution in [2.24, 2.45) is 5.92 Å². The predicted molar refractivity (Wildman–Crippen MR) is 91.7 cm³/mol. The number of rotatable bonds is 3. The van der Waals surface area contributed by atoms with Crippen molar-refractivity contribution in [1.82, 2.24) is 16.0 Å². The van der Waals surface area contributed by atoms with Crippen LogP contribution in [0.1, 0.15) is 43.2 Å². The normalized spacial score (nSPS) is 31.1. The van der Waals surface area contributed by atoms with E-state index in [1.165, 1.54) is 17.5 Å². The summed E-state index contributed by atoms with van der Waals surface area (Å²) in [5, 5.41) is 8.66. The number of hydrogen-bond donors (Lipinski definition) is 3. The molecule has 1 spiro atoms. The number of nitrogens with one attached hydrogen (secondary N) is 3. The highest BCUT2D eigenvalue weighted by Gasteiger charge is 2.57. The van der Waals surface area contributed by atoms with Gasteiger partial charge in [0, 0.05) is 18.5 Å². The fourth-order valence-electron chi connectivity index (χ4n) is 4.50. The zero-order valence-corrected chi connectivity index (χ0v) is 13.9. The van der Waals surface area contributed by atoms with Gasteiger partial charge >= 0.3 is 6.03 Å². The predicted octanol–water partition coefficient (Wildman–Crippen LogP) is 1.86. The second-order valence-electron chi connectivity index (χ2n) is 7.41.